The minimum atomic E-state index is -4.82. The van der Waals surface area contributed by atoms with E-state index in [-0.39, 0.29) is 67.6 Å². The van der Waals surface area contributed by atoms with Crippen LogP contribution in [0.3, 0.4) is 0 Å². The second-order valence-corrected chi connectivity index (χ2v) is 14.9. The van der Waals surface area contributed by atoms with Crippen LogP contribution in [0.5, 0.6) is 0 Å². The number of piperidine rings is 2. The number of nitrogen functional groups attached to an aromatic ring is 1. The molecule has 1 saturated carbocycles. The third-order valence-corrected chi connectivity index (χ3v) is 11.8. The average molecular weight is 748 g/mol. The molecule has 0 unspecified atom stereocenters. The molecule has 0 spiro atoms. The zero-order valence-electron chi connectivity index (χ0n) is 28.9. The van der Waals surface area contributed by atoms with Crippen molar-refractivity contribution in [1.82, 2.24) is 14.7 Å². The van der Waals surface area contributed by atoms with E-state index in [1.54, 1.807) is 4.90 Å². The summed E-state index contributed by atoms with van der Waals surface area (Å²) in [5, 5.41) is 12.9. The van der Waals surface area contributed by atoms with Gasteiger partial charge in [-0.25, -0.2) is 9.59 Å². The van der Waals surface area contributed by atoms with Gasteiger partial charge in [0.25, 0.3) is 5.91 Å². The van der Waals surface area contributed by atoms with Crippen molar-refractivity contribution in [3.8, 4) is 0 Å². The van der Waals surface area contributed by atoms with Crippen LogP contribution in [0.2, 0.25) is 5.02 Å². The monoisotopic (exact) mass is 747 g/mol. The Bertz CT molecular complexity index is 1670. The number of likely N-dealkylation sites (tertiary alicyclic amines) is 2. The van der Waals surface area contributed by atoms with E-state index >= 15 is 0 Å². The highest BCUT2D eigenvalue weighted by atomic mass is 35.5. The van der Waals surface area contributed by atoms with Crippen LogP contribution in [0, 0.1) is 11.3 Å². The fourth-order valence-electron chi connectivity index (χ4n) is 8.50. The standard InChI is InChI=1S/C37H45ClF3N5O6/c38-28-21-23(20-27(31(28)42)37(39,40)41)22-30(32(47)44-18-13-36(14-19-44,33(48)49)25-7-2-1-3-8-25)52-35(51)45-15-11-26(12-16-45)46-17-10-24-6-4-5-9-29(24)43-34(46)50/h4-6,9,20-21,25-26,30H,1-3,7-8,10-19,22,42H2,(H,43,50)(H,48,49)/t30-/m1/s1. The summed E-state index contributed by atoms with van der Waals surface area (Å²) in [6.07, 6.45) is -0.856. The lowest BCUT2D eigenvalue weighted by Gasteiger charge is -2.45. The van der Waals surface area contributed by atoms with Crippen molar-refractivity contribution in [2.45, 2.75) is 89.0 Å². The number of nitrogens with one attached hydrogen (secondary N) is 1. The number of nitrogens with zero attached hydrogens (tertiary/aromatic N) is 3. The summed E-state index contributed by atoms with van der Waals surface area (Å²) >= 11 is 6.10. The Labute approximate surface area is 305 Å². The second kappa shape index (κ2) is 15.4. The highest BCUT2D eigenvalue weighted by Gasteiger charge is 2.49. The van der Waals surface area contributed by atoms with Crippen LogP contribution in [0.1, 0.15) is 74.5 Å². The molecule has 15 heteroatoms. The van der Waals surface area contributed by atoms with Crippen LogP contribution < -0.4 is 11.1 Å². The van der Waals surface area contributed by atoms with Gasteiger partial charge in [0, 0.05) is 50.9 Å². The number of rotatable bonds is 7. The number of urea groups is 1. The molecule has 1 aliphatic carbocycles. The van der Waals surface area contributed by atoms with Gasteiger partial charge < -0.3 is 35.6 Å². The number of hydrogen-bond acceptors (Lipinski definition) is 6. The molecule has 0 bridgehead atoms. The number of carbonyl (C=O) groups excluding carboxylic acids is 3. The first-order chi connectivity index (χ1) is 24.8. The fourth-order valence-corrected chi connectivity index (χ4v) is 8.74. The summed E-state index contributed by atoms with van der Waals surface area (Å²) in [4.78, 5) is 58.1. The molecule has 3 heterocycles. The number of para-hydroxylation sites is 1. The number of carboxylic acids is 1. The SMILES string of the molecule is Nc1c(Cl)cc(C[C@@H](OC(=O)N2CCC(N3CCc4ccccc4NC3=O)CC2)C(=O)N2CCC(C(=O)O)(C3CCCCC3)CC2)cc1C(F)(F)F. The normalized spacial score (nSPS) is 20.8. The molecule has 4 N–H and O–H groups in total. The number of aliphatic carboxylic acids is 1. The molecule has 4 amide bonds. The first-order valence-corrected chi connectivity index (χ1v) is 18.4. The topological polar surface area (TPSA) is 146 Å². The van der Waals surface area contributed by atoms with Crippen molar-refractivity contribution in [3.63, 3.8) is 0 Å². The predicted octanol–water partition coefficient (Wildman–Crippen LogP) is 6.82. The average Bonchev–Trinajstić information content (AvgIpc) is 3.30. The molecule has 2 aromatic rings. The number of nitrogens with two attached hydrogens (primary N) is 1. The van der Waals surface area contributed by atoms with Crippen molar-refractivity contribution in [1.29, 1.82) is 0 Å². The molecule has 3 fully saturated rings. The second-order valence-electron chi connectivity index (χ2n) is 14.5. The van der Waals surface area contributed by atoms with Gasteiger partial charge in [0.1, 0.15) is 0 Å². The number of fused-ring (bicyclic) bond motifs is 1. The van der Waals surface area contributed by atoms with Crippen LogP contribution >= 0.6 is 11.6 Å². The molecule has 52 heavy (non-hydrogen) atoms. The first kappa shape index (κ1) is 37.6. The van der Waals surface area contributed by atoms with Gasteiger partial charge in [-0.05, 0) is 80.2 Å². The highest BCUT2D eigenvalue weighted by molar-refractivity contribution is 6.33. The molecular weight excluding hydrogens is 703 g/mol. The Morgan fingerprint density at radius 1 is 0.981 bits per heavy atom. The summed E-state index contributed by atoms with van der Waals surface area (Å²) in [6, 6.07) is 9.30. The third kappa shape index (κ3) is 7.91. The number of ether oxygens (including phenoxy) is 1. The lowest BCUT2D eigenvalue weighted by atomic mass is 9.64. The van der Waals surface area contributed by atoms with Gasteiger partial charge in [0.2, 0.25) is 0 Å². The number of amides is 4. The van der Waals surface area contributed by atoms with Crippen LogP contribution in [0.4, 0.5) is 34.1 Å². The van der Waals surface area contributed by atoms with Crippen molar-refractivity contribution in [2.24, 2.45) is 11.3 Å². The minimum Gasteiger partial charge on any atom is -0.481 e. The van der Waals surface area contributed by atoms with Crippen LogP contribution in [-0.2, 0) is 33.3 Å². The van der Waals surface area contributed by atoms with Gasteiger partial charge in [0.15, 0.2) is 6.10 Å². The maximum absolute atomic E-state index is 14.1. The fraction of sp³-hybridized carbons (Fsp3) is 0.568. The van der Waals surface area contributed by atoms with Gasteiger partial charge in [-0.15, -0.1) is 0 Å². The zero-order chi connectivity index (χ0) is 37.2. The predicted molar refractivity (Wildman–Crippen MR) is 188 cm³/mol. The quantitative estimate of drug-likeness (QED) is 0.264. The highest BCUT2D eigenvalue weighted by Crippen LogP contribution is 2.46. The van der Waals surface area contributed by atoms with E-state index in [0.29, 0.717) is 25.8 Å². The van der Waals surface area contributed by atoms with Gasteiger partial charge >= 0.3 is 24.3 Å². The van der Waals surface area contributed by atoms with E-state index in [1.807, 2.05) is 24.3 Å². The van der Waals surface area contributed by atoms with Crippen molar-refractivity contribution >= 4 is 47.0 Å². The van der Waals surface area contributed by atoms with E-state index in [2.05, 4.69) is 5.32 Å². The zero-order valence-corrected chi connectivity index (χ0v) is 29.7. The Hall–Kier alpha value is -4.20. The number of alkyl halides is 3. The lowest BCUT2D eigenvalue weighted by Crippen LogP contribution is -2.54. The molecule has 0 aromatic heterocycles. The largest absolute Gasteiger partial charge is 0.481 e. The Balaban J connectivity index is 1.16. The molecule has 0 radical (unpaired) electrons. The number of hydrogen-bond donors (Lipinski definition) is 3. The van der Waals surface area contributed by atoms with Gasteiger partial charge in [-0.1, -0.05) is 49.1 Å². The Kier molecular flexibility index (Phi) is 11.1. The molecule has 282 valence electrons. The number of anilines is 2. The van der Waals surface area contributed by atoms with Crippen LogP contribution in [0.25, 0.3) is 0 Å². The molecule has 11 nitrogen and oxygen atoms in total. The van der Waals surface area contributed by atoms with Gasteiger partial charge in [0.05, 0.1) is 21.7 Å². The summed E-state index contributed by atoms with van der Waals surface area (Å²) < 4.78 is 47.3. The van der Waals surface area contributed by atoms with Crippen molar-refractivity contribution < 1.29 is 42.2 Å². The molecule has 1 atom stereocenters. The molecule has 2 saturated heterocycles. The van der Waals surface area contributed by atoms with E-state index in [4.69, 9.17) is 22.1 Å². The summed E-state index contributed by atoms with van der Waals surface area (Å²) in [5.41, 5.74) is 4.68. The summed E-state index contributed by atoms with van der Waals surface area (Å²) in [6.45, 7) is 1.20. The summed E-state index contributed by atoms with van der Waals surface area (Å²) in [7, 11) is 0. The van der Waals surface area contributed by atoms with E-state index < -0.39 is 53.3 Å². The van der Waals surface area contributed by atoms with Gasteiger partial charge in [-0.3, -0.25) is 9.59 Å². The number of carboxylic acid groups (broad SMARTS) is 1. The van der Waals surface area contributed by atoms with Crippen LogP contribution in [0.15, 0.2) is 36.4 Å². The van der Waals surface area contributed by atoms with Crippen LogP contribution in [-0.4, -0.2) is 88.7 Å². The number of halogens is 4. The van der Waals surface area contributed by atoms with E-state index in [1.165, 1.54) is 15.9 Å². The summed E-state index contributed by atoms with van der Waals surface area (Å²) in [5.74, 6) is -1.49. The molecule has 6 rings (SSSR count). The molecule has 2 aromatic carbocycles. The lowest BCUT2D eigenvalue weighted by molar-refractivity contribution is -0.161. The molecule has 3 aliphatic heterocycles. The van der Waals surface area contributed by atoms with Gasteiger partial charge in [-0.2, -0.15) is 13.2 Å². The molecule has 4 aliphatic rings. The van der Waals surface area contributed by atoms with Crippen molar-refractivity contribution in [2.75, 3.05) is 43.8 Å². The Morgan fingerprint density at radius 3 is 2.31 bits per heavy atom. The minimum absolute atomic E-state index is 0.000901. The maximum Gasteiger partial charge on any atom is 0.418 e. The Morgan fingerprint density at radius 2 is 1.65 bits per heavy atom. The first-order valence-electron chi connectivity index (χ1n) is 18.0. The maximum atomic E-state index is 14.1. The third-order valence-electron chi connectivity index (χ3n) is 11.5. The smallest absolute Gasteiger partial charge is 0.418 e. The van der Waals surface area contributed by atoms with E-state index in [9.17, 15) is 37.5 Å². The van der Waals surface area contributed by atoms with Crippen molar-refractivity contribution in [3.05, 3.63) is 58.1 Å². The number of benzene rings is 2. The van der Waals surface area contributed by atoms with E-state index in [0.717, 1.165) is 49.4 Å². The molecular formula is C37H45ClF3N5O6. The number of carbonyl (C=O) groups is 4.